The smallest absolute Gasteiger partial charge is 0.243 e. The molecule has 2 rings (SSSR count). The zero-order valence-corrected chi connectivity index (χ0v) is 10.7. The van der Waals surface area contributed by atoms with Crippen LogP contribution in [0.2, 0.25) is 0 Å². The van der Waals surface area contributed by atoms with Crippen LogP contribution >= 0.6 is 12.4 Å². The predicted molar refractivity (Wildman–Crippen MR) is 64.7 cm³/mol. The third kappa shape index (κ3) is 3.46. The van der Waals surface area contributed by atoms with Crippen LogP contribution in [0.4, 0.5) is 0 Å². The number of aromatic nitrogens is 2. The van der Waals surface area contributed by atoms with E-state index in [2.05, 4.69) is 29.3 Å². The molecule has 0 spiro atoms. The van der Waals surface area contributed by atoms with Gasteiger partial charge in [0, 0.05) is 6.42 Å². The zero-order chi connectivity index (χ0) is 10.7. The summed E-state index contributed by atoms with van der Waals surface area (Å²) < 4.78 is 5.28. The second-order valence-corrected chi connectivity index (χ2v) is 4.65. The van der Waals surface area contributed by atoms with Crippen LogP contribution in [0, 0.1) is 5.92 Å². The molecule has 1 saturated heterocycles. The van der Waals surface area contributed by atoms with Gasteiger partial charge in [-0.1, -0.05) is 25.4 Å². The van der Waals surface area contributed by atoms with E-state index in [4.69, 9.17) is 4.52 Å². The third-order valence-electron chi connectivity index (χ3n) is 2.68. The zero-order valence-electron chi connectivity index (χ0n) is 9.90. The van der Waals surface area contributed by atoms with Gasteiger partial charge >= 0.3 is 0 Å². The molecule has 0 saturated carbocycles. The van der Waals surface area contributed by atoms with E-state index in [1.54, 1.807) is 0 Å². The topological polar surface area (TPSA) is 51.0 Å². The van der Waals surface area contributed by atoms with Crippen molar-refractivity contribution in [1.29, 1.82) is 0 Å². The Morgan fingerprint density at radius 2 is 2.25 bits per heavy atom. The second-order valence-electron chi connectivity index (χ2n) is 4.65. The lowest BCUT2D eigenvalue weighted by atomic mass is 10.1. The minimum absolute atomic E-state index is 0. The number of hydrogen-bond donors (Lipinski definition) is 1. The highest BCUT2D eigenvalue weighted by atomic mass is 35.5. The predicted octanol–water partition coefficient (Wildman–Crippen LogP) is 2.50. The van der Waals surface area contributed by atoms with Crippen molar-refractivity contribution < 1.29 is 4.52 Å². The quantitative estimate of drug-likeness (QED) is 0.889. The molecular formula is C11H20ClN3O. The molecule has 0 bridgehead atoms. The number of rotatable bonds is 3. The van der Waals surface area contributed by atoms with E-state index in [0.717, 1.165) is 31.1 Å². The highest BCUT2D eigenvalue weighted by Crippen LogP contribution is 2.21. The first-order valence-electron chi connectivity index (χ1n) is 5.81. The van der Waals surface area contributed by atoms with Crippen molar-refractivity contribution in [3.63, 3.8) is 0 Å². The molecular weight excluding hydrogens is 226 g/mol. The Balaban J connectivity index is 0.00000128. The van der Waals surface area contributed by atoms with E-state index in [1.807, 2.05) is 0 Å². The van der Waals surface area contributed by atoms with E-state index >= 15 is 0 Å². The summed E-state index contributed by atoms with van der Waals surface area (Å²) in [6.07, 6.45) is 4.52. The monoisotopic (exact) mass is 245 g/mol. The van der Waals surface area contributed by atoms with Crippen molar-refractivity contribution >= 4 is 12.4 Å². The van der Waals surface area contributed by atoms with Crippen LogP contribution in [0.3, 0.4) is 0 Å². The van der Waals surface area contributed by atoms with Crippen molar-refractivity contribution in [2.75, 3.05) is 6.54 Å². The number of hydrogen-bond acceptors (Lipinski definition) is 4. The number of halogens is 1. The Hall–Kier alpha value is -0.610. The molecule has 5 heteroatoms. The van der Waals surface area contributed by atoms with Gasteiger partial charge in [-0.25, -0.2) is 0 Å². The molecule has 0 amide bonds. The van der Waals surface area contributed by atoms with E-state index in [9.17, 15) is 0 Å². The van der Waals surface area contributed by atoms with Crippen molar-refractivity contribution in [2.45, 2.75) is 45.6 Å². The molecule has 1 N–H and O–H groups in total. The third-order valence-corrected chi connectivity index (χ3v) is 2.68. The Morgan fingerprint density at radius 3 is 2.88 bits per heavy atom. The summed E-state index contributed by atoms with van der Waals surface area (Å²) in [7, 11) is 0. The SMILES string of the molecule is CC(C)Cc1noc(C2CCCCN2)n1.Cl. The Bertz CT molecular complexity index is 308. The van der Waals surface area contributed by atoms with Gasteiger partial charge in [0.1, 0.15) is 0 Å². The lowest BCUT2D eigenvalue weighted by Crippen LogP contribution is -2.27. The maximum atomic E-state index is 5.28. The average molecular weight is 246 g/mol. The van der Waals surface area contributed by atoms with Gasteiger partial charge < -0.3 is 9.84 Å². The maximum absolute atomic E-state index is 5.28. The summed E-state index contributed by atoms with van der Waals surface area (Å²) in [5, 5.41) is 7.41. The van der Waals surface area contributed by atoms with Gasteiger partial charge in [0.05, 0.1) is 6.04 Å². The number of nitrogens with zero attached hydrogens (tertiary/aromatic N) is 2. The average Bonchev–Trinajstić information content (AvgIpc) is 2.67. The van der Waals surface area contributed by atoms with Gasteiger partial charge in [-0.2, -0.15) is 4.98 Å². The van der Waals surface area contributed by atoms with Gasteiger partial charge in [0.25, 0.3) is 0 Å². The first kappa shape index (κ1) is 13.5. The first-order valence-corrected chi connectivity index (χ1v) is 5.81. The highest BCUT2D eigenvalue weighted by Gasteiger charge is 2.20. The lowest BCUT2D eigenvalue weighted by molar-refractivity contribution is 0.295. The van der Waals surface area contributed by atoms with Crippen LogP contribution in [0.25, 0.3) is 0 Å². The molecule has 1 aliphatic rings. The molecule has 0 radical (unpaired) electrons. The van der Waals surface area contributed by atoms with Crippen molar-refractivity contribution in [3.8, 4) is 0 Å². The summed E-state index contributed by atoms with van der Waals surface area (Å²) in [6, 6.07) is 0.284. The van der Waals surface area contributed by atoms with Crippen LogP contribution in [-0.2, 0) is 6.42 Å². The molecule has 4 nitrogen and oxygen atoms in total. The summed E-state index contributed by atoms with van der Waals surface area (Å²) in [4.78, 5) is 4.43. The Morgan fingerprint density at radius 1 is 1.44 bits per heavy atom. The van der Waals surface area contributed by atoms with Gasteiger partial charge in [0.15, 0.2) is 5.82 Å². The maximum Gasteiger partial charge on any atom is 0.243 e. The summed E-state index contributed by atoms with van der Waals surface area (Å²) >= 11 is 0. The van der Waals surface area contributed by atoms with Crippen molar-refractivity contribution in [2.24, 2.45) is 5.92 Å². The largest absolute Gasteiger partial charge is 0.338 e. The van der Waals surface area contributed by atoms with Crippen LogP contribution < -0.4 is 5.32 Å². The fourth-order valence-corrected chi connectivity index (χ4v) is 1.92. The van der Waals surface area contributed by atoms with E-state index < -0.39 is 0 Å². The summed E-state index contributed by atoms with van der Waals surface area (Å²) in [5.74, 6) is 2.19. The van der Waals surface area contributed by atoms with Crippen LogP contribution in [0.1, 0.15) is 50.9 Å². The Kier molecular flexibility index (Phi) is 5.22. The van der Waals surface area contributed by atoms with Crippen LogP contribution in [0.5, 0.6) is 0 Å². The van der Waals surface area contributed by atoms with Gasteiger partial charge in [-0.15, -0.1) is 12.4 Å². The fourth-order valence-electron chi connectivity index (χ4n) is 1.92. The lowest BCUT2D eigenvalue weighted by Gasteiger charge is -2.19. The Labute approximate surface area is 103 Å². The number of nitrogens with one attached hydrogen (secondary N) is 1. The van der Waals surface area contributed by atoms with E-state index in [-0.39, 0.29) is 18.4 Å². The highest BCUT2D eigenvalue weighted by molar-refractivity contribution is 5.85. The molecule has 16 heavy (non-hydrogen) atoms. The second kappa shape index (κ2) is 6.21. The van der Waals surface area contributed by atoms with Gasteiger partial charge in [0.2, 0.25) is 5.89 Å². The molecule has 92 valence electrons. The van der Waals surface area contributed by atoms with Crippen molar-refractivity contribution in [3.05, 3.63) is 11.7 Å². The number of piperidine rings is 1. The van der Waals surface area contributed by atoms with Crippen LogP contribution in [-0.4, -0.2) is 16.7 Å². The molecule has 1 fully saturated rings. The molecule has 1 aliphatic heterocycles. The van der Waals surface area contributed by atoms with E-state index in [1.165, 1.54) is 12.8 Å². The minimum atomic E-state index is 0. The van der Waals surface area contributed by atoms with Crippen LogP contribution in [0.15, 0.2) is 4.52 Å². The fraction of sp³-hybridized carbons (Fsp3) is 0.818. The minimum Gasteiger partial charge on any atom is -0.338 e. The van der Waals surface area contributed by atoms with Crippen molar-refractivity contribution in [1.82, 2.24) is 15.5 Å². The standard InChI is InChI=1S/C11H19N3O.ClH/c1-8(2)7-10-13-11(15-14-10)9-5-3-4-6-12-9;/h8-9,12H,3-7H2,1-2H3;1H. The molecule has 2 heterocycles. The van der Waals surface area contributed by atoms with E-state index in [0.29, 0.717) is 5.92 Å². The summed E-state index contributed by atoms with van der Waals surface area (Å²) in [6.45, 7) is 5.39. The first-order chi connectivity index (χ1) is 7.25. The molecule has 1 aromatic rings. The molecule has 1 aromatic heterocycles. The molecule has 0 aromatic carbocycles. The van der Waals surface area contributed by atoms with Gasteiger partial charge in [-0.3, -0.25) is 0 Å². The molecule has 0 aliphatic carbocycles. The molecule has 1 atom stereocenters. The van der Waals surface area contributed by atoms with Gasteiger partial charge in [-0.05, 0) is 25.3 Å². The normalized spacial score (nSPS) is 20.8. The molecule has 1 unspecified atom stereocenters. The summed E-state index contributed by atoms with van der Waals surface area (Å²) in [5.41, 5.74) is 0.